The van der Waals surface area contributed by atoms with Gasteiger partial charge in [-0.3, -0.25) is 4.79 Å². The normalized spacial score (nSPS) is 26.7. The molecule has 0 spiro atoms. The maximum absolute atomic E-state index is 11.6. The molecule has 2 fully saturated rings. The van der Waals surface area contributed by atoms with E-state index in [4.69, 9.17) is 4.74 Å². The van der Waals surface area contributed by atoms with Crippen molar-refractivity contribution in [2.45, 2.75) is 51.7 Å². The van der Waals surface area contributed by atoms with Crippen molar-refractivity contribution in [1.82, 2.24) is 15.5 Å². The molecule has 0 aromatic carbocycles. The summed E-state index contributed by atoms with van der Waals surface area (Å²) in [6, 6.07) is 0.301. The van der Waals surface area contributed by atoms with Crippen molar-refractivity contribution in [3.63, 3.8) is 0 Å². The van der Waals surface area contributed by atoms with E-state index in [1.54, 1.807) is 0 Å². The minimum Gasteiger partial charge on any atom is -0.444 e. The first-order valence-corrected chi connectivity index (χ1v) is 7.80. The first kappa shape index (κ1) is 16.1. The summed E-state index contributed by atoms with van der Waals surface area (Å²) in [5.74, 6) is 0.636. The molecule has 2 atom stereocenters. The predicted molar refractivity (Wildman–Crippen MR) is 79.9 cm³/mol. The highest BCUT2D eigenvalue weighted by Crippen LogP contribution is 2.18. The van der Waals surface area contributed by atoms with Crippen LogP contribution in [0.5, 0.6) is 0 Å². The number of alkyl carbamates (subject to hydrolysis) is 1. The van der Waals surface area contributed by atoms with Crippen LogP contribution >= 0.6 is 0 Å². The maximum atomic E-state index is 11.6. The van der Waals surface area contributed by atoms with Gasteiger partial charge < -0.3 is 20.3 Å². The maximum Gasteiger partial charge on any atom is 0.407 e. The van der Waals surface area contributed by atoms with Crippen molar-refractivity contribution in [2.75, 3.05) is 26.2 Å². The SMILES string of the molecule is CC(C)(C)OC(=O)NCC1CCN(CC2CCC(=O)N2)C1. The number of hydrogen-bond donors (Lipinski definition) is 2. The molecule has 0 aromatic rings. The topological polar surface area (TPSA) is 70.7 Å². The predicted octanol–water partition coefficient (Wildman–Crippen LogP) is 1.11. The summed E-state index contributed by atoms with van der Waals surface area (Å²) in [7, 11) is 0. The van der Waals surface area contributed by atoms with Gasteiger partial charge in [0.15, 0.2) is 0 Å². The molecular weight excluding hydrogens is 270 g/mol. The molecular formula is C15H27N3O3. The van der Waals surface area contributed by atoms with Gasteiger partial charge in [0.25, 0.3) is 0 Å². The van der Waals surface area contributed by atoms with E-state index in [0.29, 0.717) is 24.9 Å². The Balaban J connectivity index is 1.64. The fourth-order valence-electron chi connectivity index (χ4n) is 2.91. The molecule has 2 aliphatic rings. The quantitative estimate of drug-likeness (QED) is 0.815. The summed E-state index contributed by atoms with van der Waals surface area (Å²) in [6.07, 6.45) is 2.33. The van der Waals surface area contributed by atoms with Crippen LogP contribution in [0, 0.1) is 5.92 Å². The third-order valence-electron chi connectivity index (χ3n) is 3.87. The lowest BCUT2D eigenvalue weighted by molar-refractivity contribution is -0.119. The van der Waals surface area contributed by atoms with Crippen molar-refractivity contribution < 1.29 is 14.3 Å². The number of rotatable bonds is 4. The lowest BCUT2D eigenvalue weighted by atomic mass is 10.1. The fraction of sp³-hybridized carbons (Fsp3) is 0.867. The Labute approximate surface area is 126 Å². The standard InChI is InChI=1S/C15H27N3O3/c1-15(2,3)21-14(20)16-8-11-6-7-18(9-11)10-12-4-5-13(19)17-12/h11-12H,4-10H2,1-3H3,(H,16,20)(H,17,19). The minimum atomic E-state index is -0.452. The molecule has 2 amide bonds. The largest absolute Gasteiger partial charge is 0.444 e. The zero-order valence-corrected chi connectivity index (χ0v) is 13.3. The number of likely N-dealkylation sites (tertiary alicyclic amines) is 1. The first-order valence-electron chi connectivity index (χ1n) is 7.80. The first-order chi connectivity index (χ1) is 9.82. The summed E-state index contributed by atoms with van der Waals surface area (Å²) < 4.78 is 5.23. The van der Waals surface area contributed by atoms with E-state index >= 15 is 0 Å². The van der Waals surface area contributed by atoms with Gasteiger partial charge >= 0.3 is 6.09 Å². The van der Waals surface area contributed by atoms with Crippen molar-refractivity contribution in [2.24, 2.45) is 5.92 Å². The van der Waals surface area contributed by atoms with Crippen LogP contribution < -0.4 is 10.6 Å². The van der Waals surface area contributed by atoms with E-state index in [1.807, 2.05) is 20.8 Å². The lowest BCUT2D eigenvalue weighted by Gasteiger charge is -2.22. The molecule has 0 saturated carbocycles. The van der Waals surface area contributed by atoms with Crippen LogP contribution in [-0.4, -0.2) is 54.7 Å². The monoisotopic (exact) mass is 297 g/mol. The number of carbonyl (C=O) groups is 2. The van der Waals surface area contributed by atoms with Crippen LogP contribution in [0.4, 0.5) is 4.79 Å². The second kappa shape index (κ2) is 6.64. The smallest absolute Gasteiger partial charge is 0.407 e. The number of ether oxygens (including phenoxy) is 1. The van der Waals surface area contributed by atoms with E-state index in [9.17, 15) is 9.59 Å². The van der Waals surface area contributed by atoms with Crippen LogP contribution in [0.2, 0.25) is 0 Å². The number of nitrogens with zero attached hydrogens (tertiary/aromatic N) is 1. The van der Waals surface area contributed by atoms with E-state index in [0.717, 1.165) is 32.5 Å². The van der Waals surface area contributed by atoms with Crippen molar-refractivity contribution >= 4 is 12.0 Å². The molecule has 21 heavy (non-hydrogen) atoms. The third kappa shape index (κ3) is 5.53. The Kier molecular flexibility index (Phi) is 5.08. The Hall–Kier alpha value is -1.30. The highest BCUT2D eigenvalue weighted by Gasteiger charge is 2.28. The number of hydrogen-bond acceptors (Lipinski definition) is 4. The number of nitrogens with one attached hydrogen (secondary N) is 2. The molecule has 2 aliphatic heterocycles. The minimum absolute atomic E-state index is 0.169. The van der Waals surface area contributed by atoms with Gasteiger partial charge in [0.05, 0.1) is 0 Å². The molecule has 0 aromatic heterocycles. The Morgan fingerprint density at radius 2 is 2.19 bits per heavy atom. The molecule has 2 N–H and O–H groups in total. The number of carbonyl (C=O) groups excluding carboxylic acids is 2. The van der Waals surface area contributed by atoms with Crippen LogP contribution in [0.25, 0.3) is 0 Å². The van der Waals surface area contributed by atoms with E-state index < -0.39 is 5.60 Å². The average molecular weight is 297 g/mol. The Bertz CT molecular complexity index is 392. The Morgan fingerprint density at radius 3 is 2.81 bits per heavy atom. The second-order valence-electron chi connectivity index (χ2n) is 7.10. The van der Waals surface area contributed by atoms with Crippen LogP contribution in [0.3, 0.4) is 0 Å². The van der Waals surface area contributed by atoms with Gasteiger partial charge in [0.2, 0.25) is 5.91 Å². The van der Waals surface area contributed by atoms with E-state index in [-0.39, 0.29) is 12.0 Å². The van der Waals surface area contributed by atoms with E-state index in [1.165, 1.54) is 0 Å². The summed E-state index contributed by atoms with van der Waals surface area (Å²) in [5.41, 5.74) is -0.452. The molecule has 120 valence electrons. The molecule has 2 unspecified atom stereocenters. The summed E-state index contributed by atoms with van der Waals surface area (Å²) in [5, 5.41) is 5.85. The molecule has 0 radical (unpaired) electrons. The van der Waals surface area contributed by atoms with Gasteiger partial charge in [-0.25, -0.2) is 4.79 Å². The zero-order chi connectivity index (χ0) is 15.5. The van der Waals surface area contributed by atoms with Crippen LogP contribution in [-0.2, 0) is 9.53 Å². The van der Waals surface area contributed by atoms with Crippen LogP contribution in [0.15, 0.2) is 0 Å². The molecule has 0 aliphatic carbocycles. The Morgan fingerprint density at radius 1 is 1.43 bits per heavy atom. The molecule has 2 heterocycles. The van der Waals surface area contributed by atoms with Gasteiger partial charge in [0.1, 0.15) is 5.60 Å². The summed E-state index contributed by atoms with van der Waals surface area (Å²) in [4.78, 5) is 25.2. The van der Waals surface area contributed by atoms with Crippen molar-refractivity contribution in [1.29, 1.82) is 0 Å². The van der Waals surface area contributed by atoms with Gasteiger partial charge in [0, 0.05) is 32.1 Å². The van der Waals surface area contributed by atoms with Gasteiger partial charge in [-0.05, 0) is 46.1 Å². The molecule has 6 nitrogen and oxygen atoms in total. The zero-order valence-electron chi connectivity index (χ0n) is 13.3. The molecule has 6 heteroatoms. The van der Waals surface area contributed by atoms with Crippen molar-refractivity contribution in [3.8, 4) is 0 Å². The van der Waals surface area contributed by atoms with Gasteiger partial charge in [-0.2, -0.15) is 0 Å². The van der Waals surface area contributed by atoms with Gasteiger partial charge in [-0.15, -0.1) is 0 Å². The van der Waals surface area contributed by atoms with Crippen LogP contribution in [0.1, 0.15) is 40.0 Å². The van der Waals surface area contributed by atoms with Crippen molar-refractivity contribution in [3.05, 3.63) is 0 Å². The van der Waals surface area contributed by atoms with E-state index in [2.05, 4.69) is 15.5 Å². The third-order valence-corrected chi connectivity index (χ3v) is 3.87. The highest BCUT2D eigenvalue weighted by atomic mass is 16.6. The number of amides is 2. The second-order valence-corrected chi connectivity index (χ2v) is 7.10. The lowest BCUT2D eigenvalue weighted by Crippen LogP contribution is -2.39. The summed E-state index contributed by atoms with van der Waals surface area (Å²) in [6.45, 7) is 9.17. The van der Waals surface area contributed by atoms with Gasteiger partial charge in [-0.1, -0.05) is 0 Å². The molecule has 2 saturated heterocycles. The average Bonchev–Trinajstić information content (AvgIpc) is 2.95. The summed E-state index contributed by atoms with van der Waals surface area (Å²) >= 11 is 0. The fourth-order valence-corrected chi connectivity index (χ4v) is 2.91. The molecule has 0 bridgehead atoms. The highest BCUT2D eigenvalue weighted by molar-refractivity contribution is 5.78. The molecule has 2 rings (SSSR count).